The lowest BCUT2D eigenvalue weighted by molar-refractivity contribution is -0.140. The van der Waals surface area contributed by atoms with Gasteiger partial charge in [0.2, 0.25) is 0 Å². The number of thiophene rings is 2. The largest absolute Gasteiger partial charge is 0.277 e. The average Bonchev–Trinajstić information content (AvgIpc) is 3.80. The summed E-state index contributed by atoms with van der Waals surface area (Å²) in [6, 6.07) is 4.05. The number of amides is 4. The third-order valence-corrected chi connectivity index (χ3v) is 14.6. The lowest BCUT2D eigenvalue weighted by atomic mass is 9.66. The monoisotopic (exact) mass is 700 g/mol. The van der Waals surface area contributed by atoms with E-state index in [1.54, 1.807) is 13.8 Å². The van der Waals surface area contributed by atoms with Crippen LogP contribution in [0.4, 0.5) is 0 Å². The number of rotatable bonds is 2. The summed E-state index contributed by atoms with van der Waals surface area (Å²) in [5.74, 6) is -1.87. The first-order valence-electron chi connectivity index (χ1n) is 17.3. The van der Waals surface area contributed by atoms with Crippen LogP contribution in [-0.4, -0.2) is 47.5 Å². The average molecular weight is 701 g/mol. The zero-order chi connectivity index (χ0) is 35.3. The molecule has 8 rings (SSSR count). The maximum Gasteiger partial charge on any atom is 0.271 e. The lowest BCUT2D eigenvalue weighted by Crippen LogP contribution is -2.40. The second-order valence-electron chi connectivity index (χ2n) is 14.5. The van der Waals surface area contributed by atoms with Gasteiger partial charge in [-0.15, -0.1) is 22.7 Å². The van der Waals surface area contributed by atoms with Crippen LogP contribution in [0.5, 0.6) is 0 Å². The maximum atomic E-state index is 13.4. The minimum atomic E-state index is -0.557. The number of hydrogen-bond donors (Lipinski definition) is 0. The smallest absolute Gasteiger partial charge is 0.271 e. The molecule has 2 fully saturated rings. The SMILES string of the molecule is CC1=C(C#N)C(=O)N(C)C(=O)/C1=C/C1=Cc2sc3c4c(sc3c2C12CCCCC2)C=C(/C=C1/C(=O)N(C)C(=O)C(C#N)=C1C)C41CCCCC1. The first kappa shape index (κ1) is 32.6. The van der Waals surface area contributed by atoms with Crippen LogP contribution in [0.25, 0.3) is 21.6 Å². The Kier molecular flexibility index (Phi) is 7.45. The molecule has 4 aliphatic carbocycles. The van der Waals surface area contributed by atoms with Crippen molar-refractivity contribution in [2.75, 3.05) is 14.1 Å². The van der Waals surface area contributed by atoms with Gasteiger partial charge in [0.05, 0.1) is 9.40 Å². The predicted octanol–water partition coefficient (Wildman–Crippen LogP) is 7.69. The van der Waals surface area contributed by atoms with E-state index in [1.165, 1.54) is 44.4 Å². The third-order valence-electron chi connectivity index (χ3n) is 12.1. The van der Waals surface area contributed by atoms with E-state index in [9.17, 15) is 29.7 Å². The summed E-state index contributed by atoms with van der Waals surface area (Å²) in [5, 5.41) is 19.5. The molecule has 0 N–H and O–H groups in total. The topological polar surface area (TPSA) is 122 Å². The molecule has 4 amide bonds. The van der Waals surface area contributed by atoms with E-state index in [0.29, 0.717) is 22.3 Å². The number of carbonyl (C=O) groups is 4. The van der Waals surface area contributed by atoms with Crippen molar-refractivity contribution in [2.45, 2.75) is 88.9 Å². The number of nitrogens with zero attached hydrogens (tertiary/aromatic N) is 4. The van der Waals surface area contributed by atoms with Crippen molar-refractivity contribution in [1.29, 1.82) is 10.5 Å². The molecule has 0 aromatic carbocycles. The summed E-state index contributed by atoms with van der Waals surface area (Å²) in [7, 11) is 2.88. The molecule has 0 bridgehead atoms. The molecule has 10 heteroatoms. The normalized spacial score (nSPS) is 24.5. The Bertz CT molecular complexity index is 2120. The van der Waals surface area contributed by atoms with Crippen LogP contribution in [0.3, 0.4) is 0 Å². The number of fused-ring (bicyclic) bond motifs is 7. The highest BCUT2D eigenvalue weighted by Gasteiger charge is 2.50. The lowest BCUT2D eigenvalue weighted by Gasteiger charge is -2.37. The number of carbonyl (C=O) groups excluding carboxylic acids is 4. The van der Waals surface area contributed by atoms with Gasteiger partial charge in [-0.2, -0.15) is 10.5 Å². The van der Waals surface area contributed by atoms with Crippen LogP contribution in [0.2, 0.25) is 0 Å². The van der Waals surface area contributed by atoms with Crippen molar-refractivity contribution in [3.05, 3.63) is 77.6 Å². The standard InChI is InChI=1S/C40H36N4O4S2/c1-21-25(35(45)43(3)37(47)27(21)19-41)15-23-17-29-31(39(23)11-7-5-8-12-39)33-34(49-29)32-30(50-33)18-24(40(32)13-9-6-10-14-40)16-26-22(2)28(20-42)38(48)44(4)36(26)46/h15-18H,5-14H2,1-4H3/b25-15+,26-16+. The van der Waals surface area contributed by atoms with E-state index in [1.807, 2.05) is 47.0 Å². The molecule has 0 saturated heterocycles. The highest BCUT2D eigenvalue weighted by Crippen LogP contribution is 2.63. The molecule has 2 aromatic rings. The summed E-state index contributed by atoms with van der Waals surface area (Å²) < 4.78 is 2.62. The number of imide groups is 2. The molecule has 252 valence electrons. The van der Waals surface area contributed by atoms with Gasteiger partial charge in [0, 0.05) is 45.8 Å². The van der Waals surface area contributed by atoms with Crippen LogP contribution >= 0.6 is 22.7 Å². The Hall–Kier alpha value is -4.64. The molecule has 8 nitrogen and oxygen atoms in total. The maximum absolute atomic E-state index is 13.4. The first-order valence-corrected chi connectivity index (χ1v) is 19.0. The molecule has 2 aliphatic heterocycles. The molecule has 4 heterocycles. The molecule has 0 radical (unpaired) electrons. The van der Waals surface area contributed by atoms with Gasteiger partial charge in [0.15, 0.2) is 0 Å². The third kappa shape index (κ3) is 4.25. The van der Waals surface area contributed by atoms with Gasteiger partial charge in [-0.25, -0.2) is 0 Å². The van der Waals surface area contributed by atoms with Gasteiger partial charge in [-0.3, -0.25) is 29.0 Å². The van der Waals surface area contributed by atoms with E-state index in [2.05, 4.69) is 12.2 Å². The number of nitriles is 2. The Morgan fingerprint density at radius 2 is 0.980 bits per heavy atom. The van der Waals surface area contributed by atoms with Crippen molar-refractivity contribution in [2.24, 2.45) is 0 Å². The molecule has 2 aromatic heterocycles. The Balaban J connectivity index is 1.29. The summed E-state index contributed by atoms with van der Waals surface area (Å²) in [6.07, 6.45) is 19.0. The molecule has 2 saturated carbocycles. The van der Waals surface area contributed by atoms with E-state index in [4.69, 9.17) is 0 Å². The zero-order valence-corrected chi connectivity index (χ0v) is 30.3. The fourth-order valence-electron chi connectivity index (χ4n) is 9.38. The molecular weight excluding hydrogens is 665 g/mol. The van der Waals surface area contributed by atoms with Crippen LogP contribution < -0.4 is 0 Å². The Morgan fingerprint density at radius 1 is 0.620 bits per heavy atom. The van der Waals surface area contributed by atoms with E-state index in [-0.39, 0.29) is 33.8 Å². The van der Waals surface area contributed by atoms with E-state index in [0.717, 1.165) is 85.2 Å². The molecule has 0 unspecified atom stereocenters. The van der Waals surface area contributed by atoms with Crippen molar-refractivity contribution in [1.82, 2.24) is 9.80 Å². The second kappa shape index (κ2) is 11.4. The van der Waals surface area contributed by atoms with Gasteiger partial charge < -0.3 is 0 Å². The van der Waals surface area contributed by atoms with Crippen molar-refractivity contribution in [3.63, 3.8) is 0 Å². The highest BCUT2D eigenvalue weighted by atomic mass is 32.1. The predicted molar refractivity (Wildman–Crippen MR) is 194 cm³/mol. The minimum absolute atomic E-state index is 0.0135. The second-order valence-corrected chi connectivity index (χ2v) is 16.6. The van der Waals surface area contributed by atoms with E-state index >= 15 is 0 Å². The van der Waals surface area contributed by atoms with Crippen LogP contribution in [-0.2, 0) is 30.0 Å². The quantitative estimate of drug-likeness (QED) is 0.234. The van der Waals surface area contributed by atoms with Crippen LogP contribution in [0.15, 0.2) is 56.7 Å². The first-order chi connectivity index (χ1) is 24.0. The minimum Gasteiger partial charge on any atom is -0.277 e. The fourth-order valence-corrected chi connectivity index (χ4v) is 12.6. The molecular formula is C40H36N4O4S2. The van der Waals surface area contributed by atoms with Crippen molar-refractivity contribution >= 4 is 67.9 Å². The molecule has 0 atom stereocenters. The van der Waals surface area contributed by atoms with Crippen molar-refractivity contribution in [3.8, 4) is 12.1 Å². The zero-order valence-electron chi connectivity index (χ0n) is 28.6. The van der Waals surface area contributed by atoms with Crippen LogP contribution in [0, 0.1) is 22.7 Å². The summed E-state index contributed by atoms with van der Waals surface area (Å²) >= 11 is 3.65. The van der Waals surface area contributed by atoms with Gasteiger partial charge in [0.1, 0.15) is 23.3 Å². The number of hydrogen-bond acceptors (Lipinski definition) is 8. The summed E-state index contributed by atoms with van der Waals surface area (Å²) in [5.41, 5.74) is 6.13. The van der Waals surface area contributed by atoms with Crippen molar-refractivity contribution < 1.29 is 19.2 Å². The van der Waals surface area contributed by atoms with Gasteiger partial charge in [0.25, 0.3) is 23.6 Å². The number of likely N-dealkylation sites (N-methyl/N-ethyl adjacent to an activating group) is 2. The highest BCUT2D eigenvalue weighted by molar-refractivity contribution is 7.29. The van der Waals surface area contributed by atoms with Crippen LogP contribution in [0.1, 0.15) is 98.9 Å². The fraction of sp³-hybridized carbons (Fsp3) is 0.400. The summed E-state index contributed by atoms with van der Waals surface area (Å²) in [6.45, 7) is 3.40. The van der Waals surface area contributed by atoms with Gasteiger partial charge in [-0.1, -0.05) is 38.5 Å². The van der Waals surface area contributed by atoms with E-state index < -0.39 is 11.8 Å². The van der Waals surface area contributed by atoms with Gasteiger partial charge >= 0.3 is 0 Å². The molecule has 50 heavy (non-hydrogen) atoms. The molecule has 2 spiro atoms. The van der Waals surface area contributed by atoms with Gasteiger partial charge in [-0.05, 0) is 97.3 Å². The Morgan fingerprint density at radius 3 is 1.32 bits per heavy atom. The number of allylic oxidation sites excluding steroid dienone is 4. The Labute approximate surface area is 299 Å². The molecule has 6 aliphatic rings. The summed E-state index contributed by atoms with van der Waals surface area (Å²) in [4.78, 5) is 56.8.